The number of nitrogens with one attached hydrogen (secondary N) is 1. The van der Waals surface area contributed by atoms with Gasteiger partial charge in [-0.25, -0.2) is 9.78 Å². The van der Waals surface area contributed by atoms with Crippen molar-refractivity contribution < 1.29 is 13.9 Å². The molecule has 0 bridgehead atoms. The van der Waals surface area contributed by atoms with Crippen LogP contribution in [0.5, 0.6) is 5.75 Å². The molecule has 1 amide bonds. The summed E-state index contributed by atoms with van der Waals surface area (Å²) in [5.74, 6) is 0.191. The third kappa shape index (κ3) is 4.34. The molecule has 0 unspecified atom stereocenters. The van der Waals surface area contributed by atoms with Crippen LogP contribution in [0.15, 0.2) is 51.0 Å². The summed E-state index contributed by atoms with van der Waals surface area (Å²) in [4.78, 5) is 30.6. The van der Waals surface area contributed by atoms with Crippen molar-refractivity contribution in [1.29, 1.82) is 0 Å². The number of nitrogens with zero attached hydrogens (tertiary/aromatic N) is 3. The largest absolute Gasteiger partial charge is 0.497 e. The number of anilines is 1. The van der Waals surface area contributed by atoms with Gasteiger partial charge in [0.15, 0.2) is 5.13 Å². The van der Waals surface area contributed by atoms with Crippen LogP contribution in [0.2, 0.25) is 0 Å². The molecule has 10 heteroatoms. The van der Waals surface area contributed by atoms with Crippen molar-refractivity contribution in [3.05, 3.63) is 57.2 Å². The van der Waals surface area contributed by atoms with E-state index in [4.69, 9.17) is 9.15 Å². The standard InChI is InChI=1S/C20H18N4O4S2/c1-12-17(13-5-7-14(27-2)8-6-13)22-19(30-12)21-16(25)9-10-24-20(26)28-18(23-24)15-4-3-11-29-15/h3-8,11H,9-10H2,1-2H3,(H,21,22,25). The normalized spacial score (nSPS) is 10.9. The molecular formula is C20H18N4O4S2. The van der Waals surface area contributed by atoms with Gasteiger partial charge in [0, 0.05) is 16.9 Å². The van der Waals surface area contributed by atoms with Crippen molar-refractivity contribution in [2.45, 2.75) is 19.9 Å². The highest BCUT2D eigenvalue weighted by molar-refractivity contribution is 7.16. The van der Waals surface area contributed by atoms with Crippen LogP contribution in [0.1, 0.15) is 11.3 Å². The van der Waals surface area contributed by atoms with E-state index in [-0.39, 0.29) is 24.8 Å². The summed E-state index contributed by atoms with van der Waals surface area (Å²) in [6.45, 7) is 2.07. The van der Waals surface area contributed by atoms with Crippen molar-refractivity contribution in [1.82, 2.24) is 14.8 Å². The fraction of sp³-hybridized carbons (Fsp3) is 0.200. The molecule has 1 N–H and O–H groups in total. The van der Waals surface area contributed by atoms with Crippen molar-refractivity contribution in [3.63, 3.8) is 0 Å². The predicted octanol–water partition coefficient (Wildman–Crippen LogP) is 4.03. The molecule has 0 fully saturated rings. The molecule has 30 heavy (non-hydrogen) atoms. The number of amides is 1. The zero-order valence-electron chi connectivity index (χ0n) is 16.2. The fourth-order valence-electron chi connectivity index (χ4n) is 2.80. The van der Waals surface area contributed by atoms with E-state index in [1.165, 1.54) is 22.7 Å². The van der Waals surface area contributed by atoms with Crippen LogP contribution < -0.4 is 15.8 Å². The van der Waals surface area contributed by atoms with Gasteiger partial charge in [-0.1, -0.05) is 6.07 Å². The van der Waals surface area contributed by atoms with Crippen LogP contribution in [0, 0.1) is 6.92 Å². The maximum atomic E-state index is 12.3. The minimum absolute atomic E-state index is 0.0762. The molecule has 4 rings (SSSR count). The second-order valence-electron chi connectivity index (χ2n) is 6.32. The quantitative estimate of drug-likeness (QED) is 0.464. The maximum absolute atomic E-state index is 12.3. The first-order valence-corrected chi connectivity index (χ1v) is 10.8. The number of aromatic nitrogens is 3. The monoisotopic (exact) mass is 442 g/mol. The van der Waals surface area contributed by atoms with Crippen LogP contribution in [-0.2, 0) is 11.3 Å². The summed E-state index contributed by atoms with van der Waals surface area (Å²) in [6, 6.07) is 11.3. The predicted molar refractivity (Wildman–Crippen MR) is 116 cm³/mol. The number of rotatable bonds is 7. The number of hydrogen-bond donors (Lipinski definition) is 1. The Balaban J connectivity index is 1.39. The molecule has 8 nitrogen and oxygen atoms in total. The lowest BCUT2D eigenvalue weighted by atomic mass is 10.1. The number of hydrogen-bond acceptors (Lipinski definition) is 8. The van der Waals surface area contributed by atoms with Crippen molar-refractivity contribution in [2.75, 3.05) is 12.4 Å². The lowest BCUT2D eigenvalue weighted by Gasteiger charge is -2.02. The van der Waals surface area contributed by atoms with Crippen molar-refractivity contribution in [2.24, 2.45) is 0 Å². The topological polar surface area (TPSA) is 99.2 Å². The highest BCUT2D eigenvalue weighted by Gasteiger charge is 2.15. The Morgan fingerprint density at radius 1 is 1.27 bits per heavy atom. The van der Waals surface area contributed by atoms with E-state index in [1.807, 2.05) is 48.7 Å². The van der Waals surface area contributed by atoms with Crippen LogP contribution in [-0.4, -0.2) is 27.8 Å². The van der Waals surface area contributed by atoms with E-state index in [2.05, 4.69) is 15.4 Å². The molecule has 0 aliphatic heterocycles. The first-order valence-electron chi connectivity index (χ1n) is 9.07. The number of carbonyl (C=O) groups is 1. The van der Waals surface area contributed by atoms with Crippen LogP contribution in [0.4, 0.5) is 5.13 Å². The summed E-state index contributed by atoms with van der Waals surface area (Å²) in [5.41, 5.74) is 1.76. The van der Waals surface area contributed by atoms with E-state index in [0.29, 0.717) is 5.13 Å². The molecular weight excluding hydrogens is 424 g/mol. The molecule has 3 heterocycles. The van der Waals surface area contributed by atoms with Crippen LogP contribution >= 0.6 is 22.7 Å². The first-order chi connectivity index (χ1) is 14.5. The first kappa shape index (κ1) is 20.0. The molecule has 0 atom stereocenters. The lowest BCUT2D eigenvalue weighted by molar-refractivity contribution is -0.116. The van der Waals surface area contributed by atoms with Gasteiger partial charge < -0.3 is 14.5 Å². The zero-order chi connectivity index (χ0) is 21.1. The van der Waals surface area contributed by atoms with E-state index >= 15 is 0 Å². The lowest BCUT2D eigenvalue weighted by Crippen LogP contribution is -2.20. The van der Waals surface area contributed by atoms with Gasteiger partial charge in [-0.15, -0.1) is 27.8 Å². The maximum Gasteiger partial charge on any atom is 0.437 e. The SMILES string of the molecule is COc1ccc(-c2nc(NC(=O)CCn3nc(-c4cccs4)oc3=O)sc2C)cc1. The molecule has 0 aliphatic carbocycles. The fourth-order valence-corrected chi connectivity index (χ4v) is 4.30. The van der Waals surface area contributed by atoms with Gasteiger partial charge in [0.05, 0.1) is 24.2 Å². The van der Waals surface area contributed by atoms with Gasteiger partial charge in [-0.3, -0.25) is 4.79 Å². The summed E-state index contributed by atoms with van der Waals surface area (Å²) >= 11 is 2.83. The van der Waals surface area contributed by atoms with Gasteiger partial charge in [0.25, 0.3) is 5.89 Å². The molecule has 154 valence electrons. The zero-order valence-corrected chi connectivity index (χ0v) is 17.9. The van der Waals surface area contributed by atoms with Gasteiger partial charge >= 0.3 is 5.76 Å². The Labute approximate surface area is 179 Å². The Hall–Kier alpha value is -3.24. The molecule has 0 aliphatic rings. The van der Waals surface area contributed by atoms with E-state index < -0.39 is 5.76 Å². The Bertz CT molecular complexity index is 1210. The summed E-state index contributed by atoms with van der Waals surface area (Å²) in [7, 11) is 1.62. The molecule has 4 aromatic rings. The number of ether oxygens (including phenoxy) is 1. The number of carbonyl (C=O) groups excluding carboxylic acids is 1. The average Bonchev–Trinajstić information content (AvgIpc) is 3.47. The number of methoxy groups -OCH3 is 1. The summed E-state index contributed by atoms with van der Waals surface area (Å²) in [6.07, 6.45) is 0.0762. The smallest absolute Gasteiger partial charge is 0.437 e. The van der Waals surface area contributed by atoms with E-state index in [9.17, 15) is 9.59 Å². The Morgan fingerprint density at radius 2 is 2.07 bits per heavy atom. The van der Waals surface area contributed by atoms with E-state index in [1.54, 1.807) is 7.11 Å². The van der Waals surface area contributed by atoms with Gasteiger partial charge in [0.2, 0.25) is 5.91 Å². The summed E-state index contributed by atoms with van der Waals surface area (Å²) < 4.78 is 11.5. The van der Waals surface area contributed by atoms with Gasteiger partial charge in [-0.2, -0.15) is 4.68 Å². The molecule has 0 saturated carbocycles. The third-order valence-corrected chi connectivity index (χ3v) is 6.04. The molecule has 1 aromatic carbocycles. The Kier molecular flexibility index (Phi) is 5.77. The average molecular weight is 443 g/mol. The van der Waals surface area contributed by atoms with Crippen LogP contribution in [0.25, 0.3) is 22.0 Å². The van der Waals surface area contributed by atoms with Gasteiger partial charge in [-0.05, 0) is 42.6 Å². The molecule has 3 aromatic heterocycles. The highest BCUT2D eigenvalue weighted by atomic mass is 32.1. The third-order valence-electron chi connectivity index (χ3n) is 4.30. The molecule has 0 saturated heterocycles. The number of thiophene rings is 1. The highest BCUT2D eigenvalue weighted by Crippen LogP contribution is 2.31. The summed E-state index contributed by atoms with van der Waals surface area (Å²) in [5, 5.41) is 9.32. The number of thiazole rings is 1. The minimum atomic E-state index is -0.585. The number of aryl methyl sites for hydroxylation is 2. The molecule has 0 radical (unpaired) electrons. The Morgan fingerprint density at radius 3 is 2.77 bits per heavy atom. The van der Waals surface area contributed by atoms with E-state index in [0.717, 1.165) is 31.4 Å². The van der Waals surface area contributed by atoms with Crippen LogP contribution in [0.3, 0.4) is 0 Å². The van der Waals surface area contributed by atoms with Crippen molar-refractivity contribution in [3.8, 4) is 27.8 Å². The van der Waals surface area contributed by atoms with Gasteiger partial charge in [0.1, 0.15) is 5.75 Å². The second-order valence-corrected chi connectivity index (χ2v) is 8.47. The minimum Gasteiger partial charge on any atom is -0.497 e. The van der Waals surface area contributed by atoms with Crippen molar-refractivity contribution >= 4 is 33.7 Å². The molecule has 0 spiro atoms. The second kappa shape index (κ2) is 8.64. The number of benzene rings is 1.